The molecule has 0 aliphatic carbocycles. The minimum absolute atomic E-state index is 0.159. The molecular weight excluding hydrogens is 194 g/mol. The summed E-state index contributed by atoms with van der Waals surface area (Å²) < 4.78 is 4.75. The quantitative estimate of drug-likeness (QED) is 0.758. The van der Waals surface area contributed by atoms with Gasteiger partial charge in [0.05, 0.1) is 13.0 Å². The van der Waals surface area contributed by atoms with Crippen molar-refractivity contribution in [1.82, 2.24) is 4.98 Å². The lowest BCUT2D eigenvalue weighted by molar-refractivity contribution is -0.142. The number of carbonyl (C=O) groups excluding carboxylic acids is 1. The number of aromatic nitrogens is 1. The molecule has 0 aromatic carbocycles. The molecular formula is C11H13NO3. The molecule has 0 aliphatic heterocycles. The molecule has 0 fully saturated rings. The van der Waals surface area contributed by atoms with Gasteiger partial charge >= 0.3 is 5.97 Å². The number of esters is 1. The third kappa shape index (κ3) is 4.26. The minimum atomic E-state index is -0.265. The molecule has 4 nitrogen and oxygen atoms in total. The second-order valence-electron chi connectivity index (χ2n) is 2.90. The number of carbonyl (C=O) groups is 1. The largest absolute Gasteiger partial charge is 0.466 e. The number of nitrogens with one attached hydrogen (secondary N) is 1. The summed E-state index contributed by atoms with van der Waals surface area (Å²) in [4.78, 5) is 24.4. The van der Waals surface area contributed by atoms with Gasteiger partial charge in [0.1, 0.15) is 0 Å². The molecule has 0 saturated carbocycles. The number of H-pyrrole nitrogens is 1. The van der Waals surface area contributed by atoms with Crippen LogP contribution in [0, 0.1) is 0 Å². The number of hydrogen-bond donors (Lipinski definition) is 1. The van der Waals surface area contributed by atoms with E-state index in [1.165, 1.54) is 6.07 Å². The molecule has 0 radical (unpaired) electrons. The molecule has 0 amide bonds. The van der Waals surface area contributed by atoms with Crippen LogP contribution in [-0.4, -0.2) is 17.6 Å². The van der Waals surface area contributed by atoms with Crippen LogP contribution in [0.4, 0.5) is 0 Å². The Hall–Kier alpha value is -1.84. The van der Waals surface area contributed by atoms with Crippen LogP contribution in [-0.2, 0) is 9.53 Å². The van der Waals surface area contributed by atoms with Gasteiger partial charge in [-0.25, -0.2) is 0 Å². The summed E-state index contributed by atoms with van der Waals surface area (Å²) in [6.07, 6.45) is 5.17. The first-order chi connectivity index (χ1) is 7.22. The van der Waals surface area contributed by atoms with E-state index in [0.717, 1.165) is 5.56 Å². The number of ether oxygens (including phenoxy) is 1. The molecule has 1 N–H and O–H groups in total. The highest BCUT2D eigenvalue weighted by Crippen LogP contribution is 1.98. The molecule has 0 aliphatic rings. The fourth-order valence-corrected chi connectivity index (χ4v) is 1.08. The zero-order chi connectivity index (χ0) is 11.1. The fourth-order valence-electron chi connectivity index (χ4n) is 1.08. The van der Waals surface area contributed by atoms with Crippen molar-refractivity contribution >= 4 is 12.0 Å². The lowest BCUT2D eigenvalue weighted by Gasteiger charge is -1.96. The van der Waals surface area contributed by atoms with Gasteiger partial charge in [-0.1, -0.05) is 12.2 Å². The second-order valence-corrected chi connectivity index (χ2v) is 2.90. The summed E-state index contributed by atoms with van der Waals surface area (Å²) in [6.45, 7) is 2.15. The molecule has 1 aromatic rings. The van der Waals surface area contributed by atoms with Gasteiger partial charge in [-0.15, -0.1) is 0 Å². The summed E-state index contributed by atoms with van der Waals surface area (Å²) in [7, 11) is 0. The lowest BCUT2D eigenvalue weighted by atomic mass is 10.2. The van der Waals surface area contributed by atoms with Crippen molar-refractivity contribution in [2.75, 3.05) is 6.61 Å². The standard InChI is InChI=1S/C11H13NO3/c1-2-15-11(14)5-3-4-9-6-7-12-10(13)8-9/h3-4,6-8H,2,5H2,1H3,(H,12,13). The van der Waals surface area contributed by atoms with Gasteiger partial charge in [0, 0.05) is 12.3 Å². The number of rotatable bonds is 4. The number of aromatic amines is 1. The van der Waals surface area contributed by atoms with Crippen molar-refractivity contribution in [3.05, 3.63) is 40.3 Å². The number of pyridine rings is 1. The maximum Gasteiger partial charge on any atom is 0.309 e. The average molecular weight is 207 g/mol. The zero-order valence-corrected chi connectivity index (χ0v) is 8.53. The Morgan fingerprint density at radius 3 is 3.07 bits per heavy atom. The van der Waals surface area contributed by atoms with Crippen molar-refractivity contribution in [3.63, 3.8) is 0 Å². The Morgan fingerprint density at radius 1 is 1.60 bits per heavy atom. The van der Waals surface area contributed by atoms with E-state index in [9.17, 15) is 9.59 Å². The summed E-state index contributed by atoms with van der Waals surface area (Å²) in [5, 5.41) is 0. The third-order valence-corrected chi connectivity index (χ3v) is 1.70. The van der Waals surface area contributed by atoms with E-state index in [1.807, 2.05) is 0 Å². The molecule has 1 heterocycles. The van der Waals surface area contributed by atoms with Crippen molar-refractivity contribution in [2.24, 2.45) is 0 Å². The van der Waals surface area contributed by atoms with Gasteiger partial charge in [-0.05, 0) is 18.6 Å². The Balaban J connectivity index is 2.51. The number of hydrogen-bond acceptors (Lipinski definition) is 3. The van der Waals surface area contributed by atoms with Crippen LogP contribution in [0.5, 0.6) is 0 Å². The average Bonchev–Trinajstić information content (AvgIpc) is 2.18. The summed E-state index contributed by atoms with van der Waals surface area (Å²) >= 11 is 0. The molecule has 0 saturated heterocycles. The highest BCUT2D eigenvalue weighted by Gasteiger charge is 1.96. The summed E-state index contributed by atoms with van der Waals surface area (Å²) in [5.74, 6) is -0.265. The highest BCUT2D eigenvalue weighted by molar-refractivity contribution is 5.72. The Bertz CT molecular complexity index is 406. The van der Waals surface area contributed by atoms with E-state index in [4.69, 9.17) is 4.74 Å². The van der Waals surface area contributed by atoms with Crippen LogP contribution in [0.1, 0.15) is 18.9 Å². The van der Waals surface area contributed by atoms with Crippen LogP contribution >= 0.6 is 0 Å². The topological polar surface area (TPSA) is 59.2 Å². The van der Waals surface area contributed by atoms with E-state index < -0.39 is 0 Å². The van der Waals surface area contributed by atoms with Crippen LogP contribution in [0.25, 0.3) is 6.08 Å². The highest BCUT2D eigenvalue weighted by atomic mass is 16.5. The second kappa shape index (κ2) is 5.80. The van der Waals surface area contributed by atoms with E-state index in [2.05, 4.69) is 4.98 Å². The third-order valence-electron chi connectivity index (χ3n) is 1.70. The van der Waals surface area contributed by atoms with Crippen LogP contribution in [0.15, 0.2) is 29.2 Å². The molecule has 4 heteroatoms. The predicted octanol–water partition coefficient (Wildman–Crippen LogP) is 1.34. The molecule has 15 heavy (non-hydrogen) atoms. The molecule has 0 atom stereocenters. The van der Waals surface area contributed by atoms with Crippen LogP contribution < -0.4 is 5.56 Å². The van der Waals surface area contributed by atoms with Gasteiger partial charge in [-0.3, -0.25) is 9.59 Å². The lowest BCUT2D eigenvalue weighted by Crippen LogP contribution is -2.02. The van der Waals surface area contributed by atoms with E-state index in [-0.39, 0.29) is 17.9 Å². The van der Waals surface area contributed by atoms with Crippen molar-refractivity contribution < 1.29 is 9.53 Å². The maximum atomic E-state index is 11.0. The molecule has 1 aromatic heterocycles. The Labute approximate surface area is 87.6 Å². The summed E-state index contributed by atoms with van der Waals surface area (Å²) in [6, 6.07) is 3.21. The Morgan fingerprint density at radius 2 is 2.40 bits per heavy atom. The van der Waals surface area contributed by atoms with E-state index in [0.29, 0.717) is 6.61 Å². The van der Waals surface area contributed by atoms with Gasteiger partial charge in [0.2, 0.25) is 5.56 Å². The molecule has 0 bridgehead atoms. The molecule has 0 unspecified atom stereocenters. The van der Waals surface area contributed by atoms with Crippen LogP contribution in [0.2, 0.25) is 0 Å². The molecule has 80 valence electrons. The molecule has 1 rings (SSSR count). The predicted molar refractivity (Wildman–Crippen MR) is 57.3 cm³/mol. The van der Waals surface area contributed by atoms with Crippen molar-refractivity contribution in [1.29, 1.82) is 0 Å². The zero-order valence-electron chi connectivity index (χ0n) is 8.53. The first kappa shape index (κ1) is 11.2. The monoisotopic (exact) mass is 207 g/mol. The first-order valence-electron chi connectivity index (χ1n) is 4.73. The van der Waals surface area contributed by atoms with E-state index in [1.54, 1.807) is 31.3 Å². The van der Waals surface area contributed by atoms with Gasteiger partial charge in [0.15, 0.2) is 0 Å². The minimum Gasteiger partial charge on any atom is -0.466 e. The van der Waals surface area contributed by atoms with Gasteiger partial charge in [0.25, 0.3) is 0 Å². The Kier molecular flexibility index (Phi) is 4.34. The van der Waals surface area contributed by atoms with Crippen molar-refractivity contribution in [3.8, 4) is 0 Å². The molecule has 0 spiro atoms. The first-order valence-corrected chi connectivity index (χ1v) is 4.73. The SMILES string of the molecule is CCOC(=O)CC=Cc1cc[nH]c(=O)c1. The normalized spacial score (nSPS) is 10.5. The van der Waals surface area contributed by atoms with Gasteiger partial charge in [-0.2, -0.15) is 0 Å². The van der Waals surface area contributed by atoms with Crippen LogP contribution in [0.3, 0.4) is 0 Å². The summed E-state index contributed by atoms with van der Waals surface area (Å²) in [5.41, 5.74) is 0.608. The van der Waals surface area contributed by atoms with E-state index >= 15 is 0 Å². The van der Waals surface area contributed by atoms with Crippen molar-refractivity contribution in [2.45, 2.75) is 13.3 Å². The van der Waals surface area contributed by atoms with Gasteiger partial charge < -0.3 is 9.72 Å². The smallest absolute Gasteiger partial charge is 0.309 e. The fraction of sp³-hybridized carbons (Fsp3) is 0.273. The maximum absolute atomic E-state index is 11.0.